The molecule has 0 radical (unpaired) electrons. The van der Waals surface area contributed by atoms with Crippen LogP contribution in [0, 0.1) is 6.92 Å². The Hall–Kier alpha value is -1.51. The lowest BCUT2D eigenvalue weighted by molar-refractivity contribution is 0.716. The van der Waals surface area contributed by atoms with Crippen LogP contribution in [0.2, 0.25) is 0 Å². The van der Waals surface area contributed by atoms with Gasteiger partial charge in [-0.05, 0) is 20.8 Å². The van der Waals surface area contributed by atoms with Gasteiger partial charge in [-0.25, -0.2) is 4.98 Å². The zero-order valence-electron chi connectivity index (χ0n) is 9.22. The lowest BCUT2D eigenvalue weighted by Crippen LogP contribution is -2.20. The third-order valence-corrected chi connectivity index (χ3v) is 1.49. The van der Waals surface area contributed by atoms with Crippen molar-refractivity contribution in [2.45, 2.75) is 26.8 Å². The SMILES string of the molecule is C=C.C=C(NC(C)C)c1cnc(C)[nH]1. The molecular formula is C11H19N3. The second-order valence-electron chi connectivity index (χ2n) is 3.16. The summed E-state index contributed by atoms with van der Waals surface area (Å²) in [7, 11) is 0. The van der Waals surface area contributed by atoms with Crippen molar-refractivity contribution >= 4 is 5.70 Å². The number of aromatic amines is 1. The van der Waals surface area contributed by atoms with Gasteiger partial charge in [-0.2, -0.15) is 0 Å². The van der Waals surface area contributed by atoms with Crippen molar-refractivity contribution in [1.29, 1.82) is 0 Å². The van der Waals surface area contributed by atoms with Gasteiger partial charge in [0.2, 0.25) is 0 Å². The Morgan fingerprint density at radius 3 is 2.43 bits per heavy atom. The monoisotopic (exact) mass is 193 g/mol. The normalized spacial score (nSPS) is 9.14. The van der Waals surface area contributed by atoms with Gasteiger partial charge in [0.25, 0.3) is 0 Å². The maximum atomic E-state index is 4.09. The van der Waals surface area contributed by atoms with E-state index in [0.717, 1.165) is 17.2 Å². The Morgan fingerprint density at radius 2 is 2.07 bits per heavy atom. The number of nitrogens with zero attached hydrogens (tertiary/aromatic N) is 1. The third-order valence-electron chi connectivity index (χ3n) is 1.49. The Labute approximate surface area is 86.0 Å². The fourth-order valence-electron chi connectivity index (χ4n) is 1.00. The highest BCUT2D eigenvalue weighted by Crippen LogP contribution is 2.06. The molecule has 0 bridgehead atoms. The Balaban J connectivity index is 0.000000791. The molecule has 0 aliphatic carbocycles. The summed E-state index contributed by atoms with van der Waals surface area (Å²) in [6.45, 7) is 16.0. The molecule has 1 heterocycles. The van der Waals surface area contributed by atoms with Gasteiger partial charge in [-0.1, -0.05) is 6.58 Å². The smallest absolute Gasteiger partial charge is 0.103 e. The number of hydrogen-bond donors (Lipinski definition) is 2. The zero-order chi connectivity index (χ0) is 11.1. The number of nitrogens with one attached hydrogen (secondary N) is 2. The van der Waals surface area contributed by atoms with E-state index in [1.807, 2.05) is 6.92 Å². The molecule has 0 aromatic carbocycles. The molecule has 3 nitrogen and oxygen atoms in total. The number of aromatic nitrogens is 2. The molecule has 0 unspecified atom stereocenters. The Kier molecular flexibility index (Phi) is 5.37. The van der Waals surface area contributed by atoms with Crippen molar-refractivity contribution in [1.82, 2.24) is 15.3 Å². The van der Waals surface area contributed by atoms with Gasteiger partial charge in [0.05, 0.1) is 17.6 Å². The van der Waals surface area contributed by atoms with E-state index in [0.29, 0.717) is 6.04 Å². The lowest BCUT2D eigenvalue weighted by Gasteiger charge is -2.10. The lowest BCUT2D eigenvalue weighted by atomic mass is 10.3. The van der Waals surface area contributed by atoms with Gasteiger partial charge >= 0.3 is 0 Å². The molecule has 0 aliphatic rings. The molecule has 0 saturated heterocycles. The summed E-state index contributed by atoms with van der Waals surface area (Å²) in [5.41, 5.74) is 1.85. The van der Waals surface area contributed by atoms with Crippen LogP contribution >= 0.6 is 0 Å². The molecule has 1 aromatic heterocycles. The van der Waals surface area contributed by atoms with Crippen LogP contribution in [0.15, 0.2) is 25.9 Å². The Morgan fingerprint density at radius 1 is 1.50 bits per heavy atom. The number of hydrogen-bond acceptors (Lipinski definition) is 2. The highest BCUT2D eigenvalue weighted by atomic mass is 15.0. The minimum Gasteiger partial charge on any atom is -0.382 e. The van der Waals surface area contributed by atoms with Crippen molar-refractivity contribution in [3.63, 3.8) is 0 Å². The summed E-state index contributed by atoms with van der Waals surface area (Å²) < 4.78 is 0. The van der Waals surface area contributed by atoms with Crippen LogP contribution in [-0.4, -0.2) is 16.0 Å². The van der Waals surface area contributed by atoms with E-state index in [1.165, 1.54) is 0 Å². The van der Waals surface area contributed by atoms with Crippen molar-refractivity contribution in [3.05, 3.63) is 37.5 Å². The maximum absolute atomic E-state index is 4.09. The molecule has 2 N–H and O–H groups in total. The minimum atomic E-state index is 0.404. The number of imidazole rings is 1. The molecule has 78 valence electrons. The molecule has 14 heavy (non-hydrogen) atoms. The quantitative estimate of drug-likeness (QED) is 0.724. The highest BCUT2D eigenvalue weighted by molar-refractivity contribution is 5.57. The standard InChI is InChI=1S/C9H15N3.C2H4/c1-6(2)11-7(3)9-5-10-8(4)12-9;1-2/h5-6,11H,3H2,1-2,4H3,(H,10,12);1-2H2. The molecule has 0 atom stereocenters. The van der Waals surface area contributed by atoms with Gasteiger partial charge < -0.3 is 10.3 Å². The first-order valence-electron chi connectivity index (χ1n) is 4.57. The molecule has 0 saturated carbocycles. The molecule has 0 spiro atoms. The molecule has 1 aromatic rings. The fraction of sp³-hybridized carbons (Fsp3) is 0.364. The van der Waals surface area contributed by atoms with E-state index in [1.54, 1.807) is 6.20 Å². The van der Waals surface area contributed by atoms with E-state index < -0.39 is 0 Å². The second-order valence-corrected chi connectivity index (χ2v) is 3.16. The summed E-state index contributed by atoms with van der Waals surface area (Å²) >= 11 is 0. The highest BCUT2D eigenvalue weighted by Gasteiger charge is 2.01. The third kappa shape index (κ3) is 3.94. The molecule has 0 amide bonds. The topological polar surface area (TPSA) is 40.7 Å². The number of rotatable bonds is 3. The molecular weight excluding hydrogens is 174 g/mol. The van der Waals surface area contributed by atoms with Crippen LogP contribution in [0.25, 0.3) is 5.70 Å². The first-order chi connectivity index (χ1) is 6.59. The maximum Gasteiger partial charge on any atom is 0.103 e. The summed E-state index contributed by atoms with van der Waals surface area (Å²) in [6, 6.07) is 0.404. The van der Waals surface area contributed by atoms with E-state index in [2.05, 4.69) is 48.9 Å². The van der Waals surface area contributed by atoms with Crippen LogP contribution in [0.5, 0.6) is 0 Å². The van der Waals surface area contributed by atoms with Gasteiger partial charge in [-0.3, -0.25) is 0 Å². The zero-order valence-corrected chi connectivity index (χ0v) is 9.22. The molecule has 0 fully saturated rings. The number of aryl methyl sites for hydroxylation is 1. The van der Waals surface area contributed by atoms with Crippen LogP contribution in [0.4, 0.5) is 0 Å². The molecule has 3 heteroatoms. The summed E-state index contributed by atoms with van der Waals surface area (Å²) in [6.07, 6.45) is 1.78. The van der Waals surface area contributed by atoms with Gasteiger partial charge in [0, 0.05) is 6.04 Å². The van der Waals surface area contributed by atoms with Crippen molar-refractivity contribution < 1.29 is 0 Å². The summed E-state index contributed by atoms with van der Waals surface area (Å²) in [5.74, 6) is 0.914. The predicted molar refractivity (Wildman–Crippen MR) is 61.9 cm³/mol. The number of H-pyrrole nitrogens is 1. The van der Waals surface area contributed by atoms with Gasteiger partial charge in [0.1, 0.15) is 5.82 Å². The molecule has 0 aliphatic heterocycles. The molecule has 1 rings (SSSR count). The summed E-state index contributed by atoms with van der Waals surface area (Å²) in [5, 5.41) is 3.21. The second kappa shape index (κ2) is 6.02. The van der Waals surface area contributed by atoms with E-state index in [9.17, 15) is 0 Å². The average Bonchev–Trinajstić information content (AvgIpc) is 2.54. The van der Waals surface area contributed by atoms with Crippen molar-refractivity contribution in [2.75, 3.05) is 0 Å². The van der Waals surface area contributed by atoms with Crippen LogP contribution in [0.3, 0.4) is 0 Å². The first-order valence-corrected chi connectivity index (χ1v) is 4.57. The van der Waals surface area contributed by atoms with Crippen LogP contribution in [-0.2, 0) is 0 Å². The van der Waals surface area contributed by atoms with Gasteiger partial charge in [0.15, 0.2) is 0 Å². The summed E-state index contributed by atoms with van der Waals surface area (Å²) in [4.78, 5) is 7.20. The minimum absolute atomic E-state index is 0.404. The van der Waals surface area contributed by atoms with E-state index in [4.69, 9.17) is 0 Å². The van der Waals surface area contributed by atoms with Gasteiger partial charge in [-0.15, -0.1) is 13.2 Å². The largest absolute Gasteiger partial charge is 0.382 e. The average molecular weight is 193 g/mol. The van der Waals surface area contributed by atoms with Crippen LogP contribution < -0.4 is 5.32 Å². The van der Waals surface area contributed by atoms with Crippen molar-refractivity contribution in [3.8, 4) is 0 Å². The van der Waals surface area contributed by atoms with E-state index >= 15 is 0 Å². The Bertz CT molecular complexity index is 286. The van der Waals surface area contributed by atoms with Crippen LogP contribution in [0.1, 0.15) is 25.4 Å². The first kappa shape index (κ1) is 12.5. The predicted octanol–water partition coefficient (Wildman–Crippen LogP) is 2.49. The van der Waals surface area contributed by atoms with E-state index in [-0.39, 0.29) is 0 Å². The fourth-order valence-corrected chi connectivity index (χ4v) is 1.00. The van der Waals surface area contributed by atoms with Crippen molar-refractivity contribution in [2.24, 2.45) is 0 Å².